The predicted molar refractivity (Wildman–Crippen MR) is 260 cm³/mol. The molecule has 390 valence electrons. The van der Waals surface area contributed by atoms with E-state index in [1.807, 2.05) is 61.5 Å². The molecule has 0 saturated carbocycles. The Labute approximate surface area is 571 Å². The standard InChI is InChI=1S/C45H49ClN2O18S6.5Na/c1-44(2)37(47(19-5-7-21-69(51,52)53)33-16-12-30-24-32(71(57,58)59)26-35(68-66-64-50)39(30)41(33)44)17-13-27-9-10-28(43(27)46)14-18-38-45(3,4)42-34(48(38)20-6-8-22-70(54,55)56)15-11-29-23-31(67-65-63-49)25-36(40(29)42)72(60,61)62;;;;;/h11-18,23-26H,5-10,19-22H2,1-4H3,(H5-,49,50,51,52,53,54,55,56,57,58,59,60,61,62);;;;;/q;5*+1/p-4. The summed E-state index contributed by atoms with van der Waals surface area (Å²) in [5.74, 6) is -1.08. The van der Waals surface area contributed by atoms with Crippen molar-refractivity contribution in [1.82, 2.24) is 0 Å². The molecule has 0 aromatic heterocycles. The summed E-state index contributed by atoms with van der Waals surface area (Å²) in [6.45, 7) is 7.95. The van der Waals surface area contributed by atoms with Gasteiger partial charge in [0.05, 0.1) is 55.2 Å². The Morgan fingerprint density at radius 2 is 1.34 bits per heavy atom. The van der Waals surface area contributed by atoms with E-state index < -0.39 is 72.6 Å². The molecule has 0 fully saturated rings. The summed E-state index contributed by atoms with van der Waals surface area (Å²) < 4.78 is 153. The van der Waals surface area contributed by atoms with Gasteiger partial charge in [0.25, 0.3) is 10.1 Å². The molecule has 32 heteroatoms. The van der Waals surface area contributed by atoms with Gasteiger partial charge in [-0.15, -0.1) is 0 Å². The molecule has 3 aliphatic rings. The molecule has 4 aromatic carbocycles. The van der Waals surface area contributed by atoms with Gasteiger partial charge in [0.1, 0.15) is 26.8 Å². The van der Waals surface area contributed by atoms with Gasteiger partial charge in [-0.2, -0.15) is 21.7 Å². The molecule has 2 heterocycles. The molecular formula is C45H45ClN2Na5O18S6+. The number of nitrogens with zero attached hydrogens (tertiary/aromatic N) is 2. The van der Waals surface area contributed by atoms with Crippen LogP contribution >= 0.6 is 35.7 Å². The zero-order valence-electron chi connectivity index (χ0n) is 43.6. The molecule has 1 aliphatic carbocycles. The average Bonchev–Trinajstić information content (AvgIpc) is 3.82. The van der Waals surface area contributed by atoms with Gasteiger partial charge < -0.3 is 29.1 Å². The topological polar surface area (TPSA) is 315 Å². The van der Waals surface area contributed by atoms with Gasteiger partial charge in [0.2, 0.25) is 5.69 Å². The zero-order chi connectivity index (χ0) is 52.8. The van der Waals surface area contributed by atoms with E-state index in [1.54, 1.807) is 24.3 Å². The van der Waals surface area contributed by atoms with E-state index in [1.165, 1.54) is 12.1 Å². The van der Waals surface area contributed by atoms with E-state index >= 15 is 0 Å². The number of hydrogen-bond donors (Lipinski definition) is 1. The molecule has 0 amide bonds. The minimum Gasteiger partial charge on any atom is -0.748 e. The van der Waals surface area contributed by atoms with Crippen molar-refractivity contribution in [2.24, 2.45) is 0 Å². The van der Waals surface area contributed by atoms with Crippen LogP contribution in [-0.4, -0.2) is 86.8 Å². The SMILES string of the molecule is CC1(C)C(C=CC2=C(Cl)C(=C/C=C3/N(CCCCS(=O)(=O)[O-])c4ccc5cc(S(=O)(=O)[O-])cc(SOO[O-])c5c4C3(C)C)CC2)=[N+](CCCCS(=O)(=O)O)c2ccc3cc(SOO[O-])cc(S(=O)(=O)[O-])c3c21.[Na+].[Na+].[Na+].[Na+].[Na+]. The van der Waals surface area contributed by atoms with E-state index in [0.29, 0.717) is 92.0 Å². The van der Waals surface area contributed by atoms with Crippen LogP contribution in [0.3, 0.4) is 0 Å². The third kappa shape index (κ3) is 17.5. The van der Waals surface area contributed by atoms with Crippen LogP contribution in [0.15, 0.2) is 114 Å². The van der Waals surface area contributed by atoms with Gasteiger partial charge in [-0.1, -0.05) is 43.7 Å². The Morgan fingerprint density at radius 1 is 0.714 bits per heavy atom. The molecule has 0 bridgehead atoms. The molecule has 1 N–H and O–H groups in total. The maximum absolute atomic E-state index is 12.9. The van der Waals surface area contributed by atoms with Crippen LogP contribution in [0.1, 0.15) is 77.3 Å². The minimum absolute atomic E-state index is 0. The van der Waals surface area contributed by atoms with Crippen LogP contribution in [-0.2, 0) is 70.0 Å². The quantitative estimate of drug-likeness (QED) is 0.0154. The molecule has 0 spiro atoms. The van der Waals surface area contributed by atoms with Crippen LogP contribution in [0.2, 0.25) is 0 Å². The first kappa shape index (κ1) is 74.3. The number of allylic oxidation sites excluding steroid dienone is 8. The fraction of sp³-hybridized carbons (Fsp3) is 0.356. The molecule has 0 unspecified atom stereocenters. The number of unbranched alkanes of at least 4 members (excludes halogenated alkanes) is 2. The maximum atomic E-state index is 12.9. The van der Waals surface area contributed by atoms with E-state index in [0.717, 1.165) is 23.3 Å². The number of hydrogen-bond acceptors (Lipinski definition) is 20. The van der Waals surface area contributed by atoms with Crippen LogP contribution < -0.4 is 163 Å². The van der Waals surface area contributed by atoms with Crippen molar-refractivity contribution in [2.45, 2.75) is 96.6 Å². The van der Waals surface area contributed by atoms with Crippen LogP contribution in [0.5, 0.6) is 0 Å². The summed E-state index contributed by atoms with van der Waals surface area (Å²) in [7, 11) is -18.9. The van der Waals surface area contributed by atoms with Gasteiger partial charge in [-0.05, 0) is 116 Å². The second-order valence-electron chi connectivity index (χ2n) is 18.1. The van der Waals surface area contributed by atoms with Crippen molar-refractivity contribution in [1.29, 1.82) is 0 Å². The van der Waals surface area contributed by atoms with Crippen molar-refractivity contribution in [3.8, 4) is 0 Å². The van der Waals surface area contributed by atoms with Gasteiger partial charge in [-0.25, -0.2) is 25.3 Å². The maximum Gasteiger partial charge on any atom is 1.00 e. The molecule has 0 saturated heterocycles. The third-order valence-corrected chi connectivity index (χ3v) is 17.7. The van der Waals surface area contributed by atoms with Crippen molar-refractivity contribution in [3.63, 3.8) is 0 Å². The van der Waals surface area contributed by atoms with E-state index in [4.69, 9.17) is 11.6 Å². The fourth-order valence-corrected chi connectivity index (χ4v) is 13.7. The molecule has 77 heavy (non-hydrogen) atoms. The summed E-state index contributed by atoms with van der Waals surface area (Å²) in [4.78, 5) is 1.01. The summed E-state index contributed by atoms with van der Waals surface area (Å²) in [5, 5.41) is 30.2. The molecule has 4 aromatic rings. The molecule has 20 nitrogen and oxygen atoms in total. The summed E-state index contributed by atoms with van der Waals surface area (Å²) >= 11 is 7.99. The van der Waals surface area contributed by atoms with Crippen molar-refractivity contribution in [2.75, 3.05) is 29.5 Å². The summed E-state index contributed by atoms with van der Waals surface area (Å²) in [6.07, 6.45) is 9.01. The fourth-order valence-electron chi connectivity index (χ4n) is 9.79. The van der Waals surface area contributed by atoms with E-state index in [9.17, 15) is 62.4 Å². The predicted octanol–water partition coefficient (Wildman–Crippen LogP) is -8.90. The summed E-state index contributed by atoms with van der Waals surface area (Å²) in [5.41, 5.74) is 3.21. The number of anilines is 1. The second kappa shape index (κ2) is 30.0. The molecule has 7 rings (SSSR count). The van der Waals surface area contributed by atoms with Crippen molar-refractivity contribution < 1.29 is 234 Å². The van der Waals surface area contributed by atoms with Crippen LogP contribution in [0.4, 0.5) is 11.4 Å². The Balaban J connectivity index is 0.00000406. The summed E-state index contributed by atoms with van der Waals surface area (Å²) in [6, 6.07) is 11.6. The van der Waals surface area contributed by atoms with Crippen LogP contribution in [0, 0.1) is 0 Å². The first-order valence-corrected chi connectivity index (χ1v) is 29.6. The first-order chi connectivity index (χ1) is 33.6. The van der Waals surface area contributed by atoms with Gasteiger partial charge in [0, 0.05) is 78.8 Å². The molecule has 2 aliphatic heterocycles. The molecule has 0 radical (unpaired) electrons. The number of rotatable bonds is 21. The number of benzene rings is 4. The Kier molecular flexibility index (Phi) is 29.0. The Morgan fingerprint density at radius 3 is 1.95 bits per heavy atom. The van der Waals surface area contributed by atoms with Crippen molar-refractivity contribution >= 4 is 115 Å². The first-order valence-electron chi connectivity index (χ1n) is 21.8. The van der Waals surface area contributed by atoms with Gasteiger partial charge >= 0.3 is 148 Å². The largest absolute Gasteiger partial charge is 1.00 e. The zero-order valence-corrected chi connectivity index (χ0v) is 59.3. The number of fused-ring (bicyclic) bond motifs is 6. The Hall–Kier alpha value is 1.22. The van der Waals surface area contributed by atoms with Gasteiger partial charge in [-0.3, -0.25) is 14.6 Å². The van der Waals surface area contributed by atoms with Gasteiger partial charge in [0.15, 0.2) is 5.71 Å². The third-order valence-electron chi connectivity index (χ3n) is 12.8. The minimum atomic E-state index is -5.13. The van der Waals surface area contributed by atoms with E-state index in [-0.39, 0.29) is 202 Å². The van der Waals surface area contributed by atoms with Crippen molar-refractivity contribution in [3.05, 3.63) is 106 Å². The normalized spacial score (nSPS) is 17.1. The smallest absolute Gasteiger partial charge is 0.748 e. The van der Waals surface area contributed by atoms with Crippen LogP contribution in [0.25, 0.3) is 21.5 Å². The average molecular weight is 1240 g/mol. The monoisotopic (exact) mass is 1240 g/mol. The molecular weight excluding hydrogens is 1200 g/mol. The molecule has 0 atom stereocenters. The van der Waals surface area contributed by atoms with E-state index in [2.05, 4.69) is 18.7 Å². The number of halogens is 1. The second-order valence-corrected chi connectivity index (χ2v) is 25.8. The Bertz CT molecular complexity index is 3510.